The predicted octanol–water partition coefficient (Wildman–Crippen LogP) is 3.34. The van der Waals surface area contributed by atoms with Gasteiger partial charge >= 0.3 is 0 Å². The second-order valence-corrected chi connectivity index (χ2v) is 5.12. The number of halogens is 1. The van der Waals surface area contributed by atoms with Gasteiger partial charge in [0, 0.05) is 12.6 Å². The minimum absolute atomic E-state index is 0.251. The molecule has 0 amide bonds. The molecule has 0 aliphatic carbocycles. The van der Waals surface area contributed by atoms with E-state index in [1.807, 2.05) is 6.07 Å². The summed E-state index contributed by atoms with van der Waals surface area (Å²) in [6.45, 7) is 2.86. The summed E-state index contributed by atoms with van der Waals surface area (Å²) in [5.41, 5.74) is 0.858. The van der Waals surface area contributed by atoms with Crippen LogP contribution in [0.1, 0.15) is 19.8 Å². The van der Waals surface area contributed by atoms with E-state index in [-0.39, 0.29) is 6.10 Å². The van der Waals surface area contributed by atoms with Gasteiger partial charge in [-0.3, -0.25) is 0 Å². The number of rotatable bonds is 5. The van der Waals surface area contributed by atoms with Gasteiger partial charge in [0.1, 0.15) is 11.5 Å². The zero-order chi connectivity index (χ0) is 13.8. The van der Waals surface area contributed by atoms with Gasteiger partial charge in [0.05, 0.1) is 37.1 Å². The lowest BCUT2D eigenvalue weighted by atomic mass is 10.2. The third kappa shape index (κ3) is 3.45. The number of benzene rings is 1. The summed E-state index contributed by atoms with van der Waals surface area (Å²) in [6, 6.07) is 3.60. The van der Waals surface area contributed by atoms with Gasteiger partial charge in [-0.1, -0.05) is 11.6 Å². The topological polar surface area (TPSA) is 39.7 Å². The lowest BCUT2D eigenvalue weighted by molar-refractivity contribution is 0.0637. The first-order chi connectivity index (χ1) is 9.13. The second-order valence-electron chi connectivity index (χ2n) is 4.71. The zero-order valence-electron chi connectivity index (χ0n) is 11.5. The predicted molar refractivity (Wildman–Crippen MR) is 76.6 cm³/mol. The average Bonchev–Trinajstić information content (AvgIpc) is 2.82. The molecule has 1 fully saturated rings. The van der Waals surface area contributed by atoms with Gasteiger partial charge in [0.25, 0.3) is 0 Å². The minimum Gasteiger partial charge on any atom is -0.495 e. The normalized spacial score (nSPS) is 22.3. The molecule has 0 bridgehead atoms. The molecular weight excluding hydrogens is 266 g/mol. The Bertz CT molecular complexity index is 439. The highest BCUT2D eigenvalue weighted by Crippen LogP contribution is 2.36. The molecule has 0 spiro atoms. The summed E-state index contributed by atoms with van der Waals surface area (Å²) < 4.78 is 16.3. The Balaban J connectivity index is 2.04. The molecule has 1 saturated heterocycles. The molecular formula is C14H20ClNO3. The maximum Gasteiger partial charge on any atom is 0.145 e. The van der Waals surface area contributed by atoms with Gasteiger partial charge in [-0.05, 0) is 25.8 Å². The highest BCUT2D eigenvalue weighted by atomic mass is 35.5. The van der Waals surface area contributed by atoms with Crippen molar-refractivity contribution < 1.29 is 14.2 Å². The SMILES string of the molecule is COc1cc(OC)c(NCC2CCC(C)O2)cc1Cl. The van der Waals surface area contributed by atoms with Crippen molar-refractivity contribution in [3.63, 3.8) is 0 Å². The van der Waals surface area contributed by atoms with E-state index in [2.05, 4.69) is 12.2 Å². The molecule has 2 unspecified atom stereocenters. The summed E-state index contributed by atoms with van der Waals surface area (Å²) in [6.07, 6.45) is 2.81. The number of anilines is 1. The van der Waals surface area contributed by atoms with E-state index in [4.69, 9.17) is 25.8 Å². The van der Waals surface area contributed by atoms with E-state index in [1.165, 1.54) is 0 Å². The number of hydrogen-bond acceptors (Lipinski definition) is 4. The Hall–Kier alpha value is -1.13. The molecule has 1 aromatic carbocycles. The van der Waals surface area contributed by atoms with Crippen molar-refractivity contribution in [3.8, 4) is 11.5 Å². The standard InChI is InChI=1S/C14H20ClNO3/c1-9-4-5-10(19-9)8-16-12-6-11(15)13(17-2)7-14(12)18-3/h6-7,9-10,16H,4-5,8H2,1-3H3. The van der Waals surface area contributed by atoms with Crippen molar-refractivity contribution >= 4 is 17.3 Å². The van der Waals surface area contributed by atoms with Crippen LogP contribution in [-0.2, 0) is 4.74 Å². The quantitative estimate of drug-likeness (QED) is 0.901. The van der Waals surface area contributed by atoms with E-state index >= 15 is 0 Å². The molecule has 5 heteroatoms. The smallest absolute Gasteiger partial charge is 0.145 e. The van der Waals surface area contributed by atoms with Crippen molar-refractivity contribution in [2.75, 3.05) is 26.1 Å². The number of nitrogens with one attached hydrogen (secondary N) is 1. The van der Waals surface area contributed by atoms with Crippen LogP contribution in [0.15, 0.2) is 12.1 Å². The van der Waals surface area contributed by atoms with Crippen LogP contribution in [-0.4, -0.2) is 33.0 Å². The largest absolute Gasteiger partial charge is 0.495 e. The summed E-state index contributed by atoms with van der Waals surface area (Å²) >= 11 is 6.13. The number of ether oxygens (including phenoxy) is 3. The Morgan fingerprint density at radius 2 is 2.00 bits per heavy atom. The molecule has 0 radical (unpaired) electrons. The van der Waals surface area contributed by atoms with Gasteiger partial charge in [-0.25, -0.2) is 0 Å². The molecule has 1 N–H and O–H groups in total. The van der Waals surface area contributed by atoms with Gasteiger partial charge in [-0.2, -0.15) is 0 Å². The van der Waals surface area contributed by atoms with E-state index in [9.17, 15) is 0 Å². The molecule has 0 saturated carbocycles. The highest BCUT2D eigenvalue weighted by molar-refractivity contribution is 6.32. The first kappa shape index (κ1) is 14.3. The van der Waals surface area contributed by atoms with Gasteiger partial charge in [0.15, 0.2) is 0 Å². The third-order valence-electron chi connectivity index (χ3n) is 3.31. The fourth-order valence-corrected chi connectivity index (χ4v) is 2.50. The van der Waals surface area contributed by atoms with Gasteiger partial charge in [0.2, 0.25) is 0 Å². The van der Waals surface area contributed by atoms with Gasteiger partial charge in [-0.15, -0.1) is 0 Å². The van der Waals surface area contributed by atoms with Crippen LogP contribution in [0, 0.1) is 0 Å². The second kappa shape index (κ2) is 6.35. The Morgan fingerprint density at radius 3 is 2.58 bits per heavy atom. The Labute approximate surface area is 119 Å². The van der Waals surface area contributed by atoms with E-state index < -0.39 is 0 Å². The summed E-state index contributed by atoms with van der Waals surface area (Å²) in [7, 11) is 3.21. The van der Waals surface area contributed by atoms with Crippen molar-refractivity contribution in [1.29, 1.82) is 0 Å². The highest BCUT2D eigenvalue weighted by Gasteiger charge is 2.21. The maximum atomic E-state index is 6.13. The summed E-state index contributed by atoms with van der Waals surface area (Å²) in [4.78, 5) is 0. The molecule has 1 aliphatic rings. The molecule has 19 heavy (non-hydrogen) atoms. The van der Waals surface area contributed by atoms with Crippen molar-refractivity contribution in [1.82, 2.24) is 0 Å². The van der Waals surface area contributed by atoms with Crippen LogP contribution in [0.2, 0.25) is 5.02 Å². The molecule has 106 valence electrons. The number of methoxy groups -OCH3 is 2. The zero-order valence-corrected chi connectivity index (χ0v) is 12.3. The fourth-order valence-electron chi connectivity index (χ4n) is 2.26. The van der Waals surface area contributed by atoms with Crippen LogP contribution in [0.4, 0.5) is 5.69 Å². The van der Waals surface area contributed by atoms with Gasteiger partial charge < -0.3 is 19.5 Å². The molecule has 1 aliphatic heterocycles. The van der Waals surface area contributed by atoms with Crippen LogP contribution < -0.4 is 14.8 Å². The van der Waals surface area contributed by atoms with Crippen molar-refractivity contribution in [2.24, 2.45) is 0 Å². The maximum absolute atomic E-state index is 6.13. The molecule has 2 atom stereocenters. The third-order valence-corrected chi connectivity index (χ3v) is 3.61. The Kier molecular flexibility index (Phi) is 4.77. The lowest BCUT2D eigenvalue weighted by Crippen LogP contribution is -2.20. The van der Waals surface area contributed by atoms with Crippen molar-refractivity contribution in [2.45, 2.75) is 32.0 Å². The molecule has 4 nitrogen and oxygen atoms in total. The first-order valence-electron chi connectivity index (χ1n) is 6.45. The Morgan fingerprint density at radius 1 is 1.26 bits per heavy atom. The fraction of sp³-hybridized carbons (Fsp3) is 0.571. The summed E-state index contributed by atoms with van der Waals surface area (Å²) in [5.74, 6) is 1.32. The van der Waals surface area contributed by atoms with Crippen molar-refractivity contribution in [3.05, 3.63) is 17.2 Å². The molecule has 0 aromatic heterocycles. The summed E-state index contributed by atoms with van der Waals surface area (Å²) in [5, 5.41) is 3.89. The lowest BCUT2D eigenvalue weighted by Gasteiger charge is -2.16. The first-order valence-corrected chi connectivity index (χ1v) is 6.82. The van der Waals surface area contributed by atoms with Crippen LogP contribution in [0.25, 0.3) is 0 Å². The van der Waals surface area contributed by atoms with Crippen LogP contribution in [0.5, 0.6) is 11.5 Å². The van der Waals surface area contributed by atoms with E-state index in [0.29, 0.717) is 22.6 Å². The molecule has 1 heterocycles. The minimum atomic E-state index is 0.251. The molecule has 1 aromatic rings. The molecule has 2 rings (SSSR count). The van der Waals surface area contributed by atoms with Crippen LogP contribution >= 0.6 is 11.6 Å². The average molecular weight is 286 g/mol. The monoisotopic (exact) mass is 285 g/mol. The van der Waals surface area contributed by atoms with E-state index in [0.717, 1.165) is 25.1 Å². The number of hydrogen-bond donors (Lipinski definition) is 1. The van der Waals surface area contributed by atoms with Crippen LogP contribution in [0.3, 0.4) is 0 Å². The van der Waals surface area contributed by atoms with E-state index in [1.54, 1.807) is 20.3 Å².